The number of carbonyl (C=O) groups is 2. The summed E-state index contributed by atoms with van der Waals surface area (Å²) in [6, 6.07) is 8.45. The molecular weight excluding hydrogens is 843 g/mol. The van der Waals surface area contributed by atoms with Crippen LogP contribution in [0, 0.1) is 0 Å². The van der Waals surface area contributed by atoms with E-state index in [1.165, 1.54) is 103 Å². The zero-order chi connectivity index (χ0) is 48.5. The molecule has 8 heteroatoms. The van der Waals surface area contributed by atoms with Crippen molar-refractivity contribution in [3.63, 3.8) is 0 Å². The highest BCUT2D eigenvalue weighted by Crippen LogP contribution is 2.51. The molecule has 0 radical (unpaired) electrons. The Morgan fingerprint density at radius 3 is 0.955 bits per heavy atom. The summed E-state index contributed by atoms with van der Waals surface area (Å²) >= 11 is 0. The highest BCUT2D eigenvalue weighted by atomic mass is 31.2. The molecule has 2 aromatic carbocycles. The van der Waals surface area contributed by atoms with Gasteiger partial charge in [-0.1, -0.05) is 209 Å². The van der Waals surface area contributed by atoms with E-state index in [9.17, 15) is 9.59 Å². The average Bonchev–Trinajstić information content (AvgIpc) is 3.32. The van der Waals surface area contributed by atoms with Gasteiger partial charge < -0.3 is 18.5 Å². The van der Waals surface area contributed by atoms with E-state index in [-0.39, 0.29) is 35.6 Å². The zero-order valence-electron chi connectivity index (χ0n) is 44.1. The van der Waals surface area contributed by atoms with E-state index in [4.69, 9.17) is 18.5 Å². The van der Waals surface area contributed by atoms with Crippen molar-refractivity contribution in [3.05, 3.63) is 57.6 Å². The topological polar surface area (TPSA) is 71.1 Å². The molecule has 6 nitrogen and oxygen atoms in total. The van der Waals surface area contributed by atoms with Gasteiger partial charge in [-0.15, -0.1) is 4.20 Å². The largest absolute Gasteiger partial charge is 0.505 e. The lowest BCUT2D eigenvalue weighted by Crippen LogP contribution is -2.10. The van der Waals surface area contributed by atoms with Crippen molar-refractivity contribution in [2.75, 3.05) is 13.2 Å². The minimum atomic E-state index is -2.86. The normalized spacial score (nSPS) is 13.8. The van der Waals surface area contributed by atoms with Crippen molar-refractivity contribution < 1.29 is 32.3 Å². The Morgan fingerprint density at radius 1 is 0.439 bits per heavy atom. The van der Waals surface area contributed by atoms with Gasteiger partial charge in [0.15, 0.2) is 0 Å². The van der Waals surface area contributed by atoms with Crippen molar-refractivity contribution in [2.45, 2.75) is 273 Å². The fourth-order valence-electron chi connectivity index (χ4n) is 8.67. The van der Waals surface area contributed by atoms with Gasteiger partial charge in [0.2, 0.25) is 0 Å². The van der Waals surface area contributed by atoms with Crippen LogP contribution in [-0.4, -0.2) is 25.2 Å². The van der Waals surface area contributed by atoms with Crippen LogP contribution < -0.4 is 9.05 Å². The maximum absolute atomic E-state index is 16.8. The van der Waals surface area contributed by atoms with E-state index >= 15 is 4.20 Å². The average molecular weight is 941 g/mol. The van der Waals surface area contributed by atoms with Crippen LogP contribution in [0.1, 0.15) is 293 Å². The van der Waals surface area contributed by atoms with Crippen LogP contribution in [0.4, 0.5) is 4.20 Å². The second kappa shape index (κ2) is 36.3. The molecule has 0 bridgehead atoms. The van der Waals surface area contributed by atoms with E-state index < -0.39 is 8.69 Å². The molecule has 0 aliphatic carbocycles. The molecule has 0 amide bonds. The van der Waals surface area contributed by atoms with Crippen LogP contribution in [0.5, 0.6) is 11.5 Å². The summed E-state index contributed by atoms with van der Waals surface area (Å²) < 4.78 is 40.9. The van der Waals surface area contributed by atoms with Gasteiger partial charge in [-0.05, 0) is 108 Å². The van der Waals surface area contributed by atoms with Gasteiger partial charge in [-0.2, -0.15) is 0 Å². The molecule has 2 rings (SSSR count). The first-order valence-corrected chi connectivity index (χ1v) is 28.5. The summed E-state index contributed by atoms with van der Waals surface area (Å²) in [6.45, 7) is 22.6. The van der Waals surface area contributed by atoms with Gasteiger partial charge in [-0.25, -0.2) is 0 Å². The number of hydrogen-bond acceptors (Lipinski definition) is 6. The van der Waals surface area contributed by atoms with E-state index in [1.54, 1.807) is 0 Å². The standard InChI is InChI=1S/C58H98FO6P/c1-11-17-19-21-23-25-27-29-31-33-39-62-55(60)37-35-49-41-51(45(7)13-3)57(52(42-49)46(8)14-4)64-66(59)65-58-53(47(9)15-5)43-50(44-54(58)48(10)16-6)36-38-56(61)63-40-34-32-30-28-26-24-22-20-18-12-2/h41-48H,11-40H2,1-10H3. The van der Waals surface area contributed by atoms with Crippen molar-refractivity contribution in [2.24, 2.45) is 0 Å². The maximum Gasteiger partial charge on any atom is 0.505 e. The molecule has 0 aliphatic heterocycles. The number of rotatable bonds is 40. The molecule has 0 spiro atoms. The summed E-state index contributed by atoms with van der Waals surface area (Å²) in [5.74, 6) is 1.26. The molecule has 0 fully saturated rings. The molecule has 4 atom stereocenters. The number of aryl methyl sites for hydroxylation is 2. The maximum atomic E-state index is 16.8. The Labute approximate surface area is 406 Å². The predicted octanol–water partition coefficient (Wildman–Crippen LogP) is 19.2. The molecule has 0 aliphatic rings. The summed E-state index contributed by atoms with van der Waals surface area (Å²) in [7, 11) is -2.86. The smallest absolute Gasteiger partial charge is 0.466 e. The quantitative estimate of drug-likeness (QED) is 0.0377. The summed E-state index contributed by atoms with van der Waals surface area (Å²) in [6.07, 6.45) is 30.1. The number of hydrogen-bond donors (Lipinski definition) is 0. The lowest BCUT2D eigenvalue weighted by Gasteiger charge is -2.26. The molecule has 0 heterocycles. The number of halogens is 1. The third kappa shape index (κ3) is 23.6. The van der Waals surface area contributed by atoms with Crippen molar-refractivity contribution in [3.8, 4) is 11.5 Å². The van der Waals surface area contributed by atoms with E-state index in [1.807, 2.05) is 0 Å². The second-order valence-electron chi connectivity index (χ2n) is 19.6. The summed E-state index contributed by atoms with van der Waals surface area (Å²) in [5, 5.41) is 0. The van der Waals surface area contributed by atoms with E-state index in [0.717, 1.165) is 84.7 Å². The van der Waals surface area contributed by atoms with Crippen LogP contribution in [0.3, 0.4) is 0 Å². The van der Waals surface area contributed by atoms with Crippen LogP contribution >= 0.6 is 8.69 Å². The molecule has 0 aromatic heterocycles. The highest BCUT2D eigenvalue weighted by Gasteiger charge is 2.29. The lowest BCUT2D eigenvalue weighted by atomic mass is 9.87. The van der Waals surface area contributed by atoms with Gasteiger partial charge >= 0.3 is 20.6 Å². The minimum absolute atomic E-state index is 0.113. The Balaban J connectivity index is 2.15. The molecule has 378 valence electrons. The molecular formula is C58H98FO6P. The summed E-state index contributed by atoms with van der Waals surface area (Å²) in [4.78, 5) is 25.7. The van der Waals surface area contributed by atoms with Gasteiger partial charge in [0.05, 0.1) is 13.2 Å². The Bertz CT molecular complexity index is 1420. The van der Waals surface area contributed by atoms with Crippen LogP contribution in [0.2, 0.25) is 0 Å². The van der Waals surface area contributed by atoms with Crippen molar-refractivity contribution >= 4 is 20.6 Å². The minimum Gasteiger partial charge on any atom is -0.466 e. The first-order valence-electron chi connectivity index (χ1n) is 27.4. The van der Waals surface area contributed by atoms with Gasteiger partial charge in [0.25, 0.3) is 0 Å². The predicted molar refractivity (Wildman–Crippen MR) is 279 cm³/mol. The van der Waals surface area contributed by atoms with Crippen LogP contribution in [0.15, 0.2) is 24.3 Å². The Hall–Kier alpha value is -2.66. The Morgan fingerprint density at radius 2 is 0.697 bits per heavy atom. The Kier molecular flexibility index (Phi) is 32.7. The van der Waals surface area contributed by atoms with E-state index in [0.29, 0.717) is 50.4 Å². The van der Waals surface area contributed by atoms with E-state index in [2.05, 4.69) is 93.5 Å². The second-order valence-corrected chi connectivity index (χ2v) is 20.4. The first-order chi connectivity index (χ1) is 31.9. The van der Waals surface area contributed by atoms with Crippen molar-refractivity contribution in [1.82, 2.24) is 0 Å². The fraction of sp³-hybridized carbons (Fsp3) is 0.759. The lowest BCUT2D eigenvalue weighted by molar-refractivity contribution is -0.144. The number of benzene rings is 2. The SMILES string of the molecule is CCCCCCCCCCCCOC(=O)CCc1cc(C(C)CC)c(OP(F)Oc2c(C(C)CC)cc(CCC(=O)OCCCCCCCCCCCC)cc2C(C)CC)c(C(C)CC)c1. The first kappa shape index (κ1) is 59.5. The summed E-state index contributed by atoms with van der Waals surface area (Å²) in [5.41, 5.74) is 5.92. The fourth-order valence-corrected chi connectivity index (χ4v) is 9.42. The van der Waals surface area contributed by atoms with Gasteiger partial charge in [0.1, 0.15) is 11.5 Å². The third-order valence-corrected chi connectivity index (χ3v) is 14.7. The highest BCUT2D eigenvalue weighted by molar-refractivity contribution is 7.42. The molecule has 2 aromatic rings. The number of ether oxygens (including phenoxy) is 2. The van der Waals surface area contributed by atoms with Gasteiger partial charge in [0, 0.05) is 12.8 Å². The molecule has 4 unspecified atom stereocenters. The molecule has 66 heavy (non-hydrogen) atoms. The third-order valence-electron chi connectivity index (χ3n) is 14.1. The number of esters is 2. The molecule has 0 saturated carbocycles. The molecule has 0 N–H and O–H groups in total. The zero-order valence-corrected chi connectivity index (χ0v) is 45.0. The van der Waals surface area contributed by atoms with Gasteiger partial charge in [-0.3, -0.25) is 9.59 Å². The van der Waals surface area contributed by atoms with Crippen LogP contribution in [-0.2, 0) is 31.9 Å². The van der Waals surface area contributed by atoms with Crippen LogP contribution in [0.25, 0.3) is 0 Å². The molecule has 0 saturated heterocycles. The number of unbranched alkanes of at least 4 members (excludes halogenated alkanes) is 18. The number of carbonyl (C=O) groups excluding carboxylic acids is 2. The monoisotopic (exact) mass is 941 g/mol. The van der Waals surface area contributed by atoms with Crippen molar-refractivity contribution in [1.29, 1.82) is 0 Å².